The Kier molecular flexibility index (Phi) is 7.34. The van der Waals surface area contributed by atoms with Gasteiger partial charge in [0.25, 0.3) is 0 Å². The number of halogens is 1. The maximum absolute atomic E-state index is 13.9. The Hall–Kier alpha value is -2.23. The van der Waals surface area contributed by atoms with Crippen LogP contribution in [0.5, 0.6) is 0 Å². The molecule has 2 rings (SSSR count). The van der Waals surface area contributed by atoms with Gasteiger partial charge in [-0.1, -0.05) is 26.0 Å². The molecule has 1 aromatic heterocycles. The van der Waals surface area contributed by atoms with Crippen LogP contribution in [0.25, 0.3) is 0 Å². The van der Waals surface area contributed by atoms with E-state index in [-0.39, 0.29) is 18.5 Å². The molecule has 0 radical (unpaired) electrons. The molecule has 2 aromatic rings. The molecule has 0 aliphatic heterocycles. The molecule has 0 fully saturated rings. The lowest BCUT2D eigenvalue weighted by molar-refractivity contribution is -0.123. The minimum absolute atomic E-state index is 0.213. The van der Waals surface area contributed by atoms with Crippen molar-refractivity contribution in [2.75, 3.05) is 20.6 Å². The largest absolute Gasteiger partial charge is 0.468 e. The standard InChI is InChI=1S/C19H26FN3O4S/c1-13(2)18(22-28(25,26)17-10-6-5-8-14(17)20)19(24)21-12-15(23(3)4)16-9-7-11-27-16/h5-11,13,15,18,22H,12H2,1-4H3,(H,21,24). The van der Waals surface area contributed by atoms with Gasteiger partial charge in [-0.05, 0) is 44.3 Å². The molecule has 0 aliphatic rings. The number of hydrogen-bond acceptors (Lipinski definition) is 5. The maximum Gasteiger partial charge on any atom is 0.244 e. The second kappa shape index (κ2) is 9.31. The van der Waals surface area contributed by atoms with Crippen LogP contribution in [0.4, 0.5) is 4.39 Å². The zero-order valence-corrected chi connectivity index (χ0v) is 17.2. The zero-order chi connectivity index (χ0) is 20.9. The Morgan fingerprint density at radius 3 is 2.39 bits per heavy atom. The van der Waals surface area contributed by atoms with Gasteiger partial charge in [0, 0.05) is 6.54 Å². The number of nitrogens with one attached hydrogen (secondary N) is 2. The number of carbonyl (C=O) groups excluding carboxylic acids is 1. The average Bonchev–Trinajstić information content (AvgIpc) is 3.13. The highest BCUT2D eigenvalue weighted by molar-refractivity contribution is 7.89. The molecular formula is C19H26FN3O4S. The zero-order valence-electron chi connectivity index (χ0n) is 16.3. The van der Waals surface area contributed by atoms with E-state index in [0.717, 1.165) is 12.1 Å². The summed E-state index contributed by atoms with van der Waals surface area (Å²) < 4.78 is 46.7. The van der Waals surface area contributed by atoms with E-state index in [4.69, 9.17) is 4.42 Å². The van der Waals surface area contributed by atoms with Crippen molar-refractivity contribution in [3.05, 3.63) is 54.2 Å². The summed E-state index contributed by atoms with van der Waals surface area (Å²) in [5.41, 5.74) is 0. The second-order valence-electron chi connectivity index (χ2n) is 7.01. The number of sulfonamides is 1. The number of benzene rings is 1. The van der Waals surface area contributed by atoms with E-state index in [0.29, 0.717) is 5.76 Å². The maximum atomic E-state index is 13.9. The molecule has 7 nitrogen and oxygen atoms in total. The molecule has 0 aliphatic carbocycles. The van der Waals surface area contributed by atoms with Crippen LogP contribution < -0.4 is 10.0 Å². The minimum Gasteiger partial charge on any atom is -0.468 e. The van der Waals surface area contributed by atoms with Crippen LogP contribution in [0.2, 0.25) is 0 Å². The number of hydrogen-bond donors (Lipinski definition) is 2. The third kappa shape index (κ3) is 5.40. The van der Waals surface area contributed by atoms with Gasteiger partial charge in [-0.3, -0.25) is 9.69 Å². The van der Waals surface area contributed by atoms with Gasteiger partial charge in [0.2, 0.25) is 15.9 Å². The smallest absolute Gasteiger partial charge is 0.244 e. The Morgan fingerprint density at radius 1 is 1.18 bits per heavy atom. The summed E-state index contributed by atoms with van der Waals surface area (Å²) in [7, 11) is -0.498. The summed E-state index contributed by atoms with van der Waals surface area (Å²) in [4.78, 5) is 14.1. The fourth-order valence-corrected chi connectivity index (χ4v) is 4.13. The predicted molar refractivity (Wildman–Crippen MR) is 103 cm³/mol. The van der Waals surface area contributed by atoms with Crippen LogP contribution >= 0.6 is 0 Å². The predicted octanol–water partition coefficient (Wildman–Crippen LogP) is 2.14. The second-order valence-corrected chi connectivity index (χ2v) is 8.70. The Balaban J connectivity index is 2.13. The third-order valence-corrected chi connectivity index (χ3v) is 5.80. The highest BCUT2D eigenvalue weighted by Crippen LogP contribution is 2.18. The van der Waals surface area contributed by atoms with Crippen molar-refractivity contribution in [3.8, 4) is 0 Å². The summed E-state index contributed by atoms with van der Waals surface area (Å²) in [6, 6.07) is 7.34. The lowest BCUT2D eigenvalue weighted by atomic mass is 10.0. The minimum atomic E-state index is -4.19. The topological polar surface area (TPSA) is 91.6 Å². The quantitative estimate of drug-likeness (QED) is 0.660. The van der Waals surface area contributed by atoms with Crippen molar-refractivity contribution in [2.45, 2.75) is 30.8 Å². The molecule has 0 spiro atoms. The summed E-state index contributed by atoms with van der Waals surface area (Å²) in [6.45, 7) is 3.65. The molecule has 0 saturated heterocycles. The van der Waals surface area contributed by atoms with Crippen LogP contribution in [0.3, 0.4) is 0 Å². The van der Waals surface area contributed by atoms with E-state index in [1.165, 1.54) is 12.1 Å². The molecule has 2 N–H and O–H groups in total. The van der Waals surface area contributed by atoms with Crippen LogP contribution in [0.15, 0.2) is 52.0 Å². The number of rotatable bonds is 9. The highest BCUT2D eigenvalue weighted by Gasteiger charge is 2.30. The fourth-order valence-electron chi connectivity index (χ4n) is 2.71. The van der Waals surface area contributed by atoms with Crippen LogP contribution in [-0.2, 0) is 14.8 Å². The molecule has 9 heteroatoms. The van der Waals surface area contributed by atoms with E-state index in [1.807, 2.05) is 19.0 Å². The van der Waals surface area contributed by atoms with E-state index >= 15 is 0 Å². The van der Waals surface area contributed by atoms with Crippen LogP contribution in [0, 0.1) is 11.7 Å². The molecule has 1 amide bonds. The molecule has 28 heavy (non-hydrogen) atoms. The summed E-state index contributed by atoms with van der Waals surface area (Å²) >= 11 is 0. The van der Waals surface area contributed by atoms with Gasteiger partial charge < -0.3 is 9.73 Å². The first-order valence-corrected chi connectivity index (χ1v) is 10.4. The van der Waals surface area contributed by atoms with Crippen LogP contribution in [-0.4, -0.2) is 45.9 Å². The van der Waals surface area contributed by atoms with Crippen molar-refractivity contribution in [3.63, 3.8) is 0 Å². The first-order valence-electron chi connectivity index (χ1n) is 8.88. The first kappa shape index (κ1) is 22.1. The molecule has 0 bridgehead atoms. The van der Waals surface area contributed by atoms with Crippen LogP contribution in [0.1, 0.15) is 25.6 Å². The van der Waals surface area contributed by atoms with E-state index in [9.17, 15) is 17.6 Å². The van der Waals surface area contributed by atoms with Gasteiger partial charge in [0.1, 0.15) is 22.5 Å². The van der Waals surface area contributed by atoms with Crippen molar-refractivity contribution in [1.29, 1.82) is 0 Å². The molecule has 1 heterocycles. The van der Waals surface area contributed by atoms with Gasteiger partial charge in [-0.25, -0.2) is 12.8 Å². The molecule has 1 aromatic carbocycles. The molecule has 2 unspecified atom stereocenters. The van der Waals surface area contributed by atoms with Gasteiger partial charge in [0.05, 0.1) is 12.3 Å². The lowest BCUT2D eigenvalue weighted by Gasteiger charge is -2.26. The lowest BCUT2D eigenvalue weighted by Crippen LogP contribution is -2.51. The molecular weight excluding hydrogens is 385 g/mol. The van der Waals surface area contributed by atoms with Gasteiger partial charge in [-0.15, -0.1) is 0 Å². The Morgan fingerprint density at radius 2 is 1.86 bits per heavy atom. The van der Waals surface area contributed by atoms with Crippen molar-refractivity contribution in [1.82, 2.24) is 14.9 Å². The number of amides is 1. The number of furan rings is 1. The molecule has 2 atom stereocenters. The van der Waals surface area contributed by atoms with E-state index in [1.54, 1.807) is 32.2 Å². The van der Waals surface area contributed by atoms with Crippen molar-refractivity contribution < 1.29 is 22.0 Å². The summed E-state index contributed by atoms with van der Waals surface area (Å²) in [6.07, 6.45) is 1.55. The Labute approximate surface area is 165 Å². The van der Waals surface area contributed by atoms with Gasteiger partial charge >= 0.3 is 0 Å². The molecule has 0 saturated carbocycles. The van der Waals surface area contributed by atoms with E-state index in [2.05, 4.69) is 10.0 Å². The van der Waals surface area contributed by atoms with Gasteiger partial charge in [0.15, 0.2) is 0 Å². The monoisotopic (exact) mass is 411 g/mol. The van der Waals surface area contributed by atoms with E-state index < -0.39 is 32.7 Å². The third-order valence-electron chi connectivity index (χ3n) is 4.32. The Bertz CT molecular complexity index is 882. The fraction of sp³-hybridized carbons (Fsp3) is 0.421. The summed E-state index contributed by atoms with van der Waals surface area (Å²) in [5.74, 6) is -1.03. The SMILES string of the molecule is CC(C)C(NS(=O)(=O)c1ccccc1F)C(=O)NCC(c1ccco1)N(C)C. The number of likely N-dealkylation sites (N-methyl/N-ethyl adjacent to an activating group) is 1. The average molecular weight is 411 g/mol. The highest BCUT2D eigenvalue weighted by atomic mass is 32.2. The number of carbonyl (C=O) groups is 1. The van der Waals surface area contributed by atoms with Gasteiger partial charge in [-0.2, -0.15) is 4.72 Å². The normalized spacial score (nSPS) is 14.2. The summed E-state index contributed by atoms with van der Waals surface area (Å²) in [5, 5.41) is 2.76. The molecule has 154 valence electrons. The van der Waals surface area contributed by atoms with Crippen molar-refractivity contribution >= 4 is 15.9 Å². The van der Waals surface area contributed by atoms with Crippen molar-refractivity contribution in [2.24, 2.45) is 5.92 Å². The number of nitrogens with zero attached hydrogens (tertiary/aromatic N) is 1. The first-order chi connectivity index (χ1) is 13.1.